The first-order valence-corrected chi connectivity index (χ1v) is 8.09. The fourth-order valence-corrected chi connectivity index (χ4v) is 2.71. The van der Waals surface area contributed by atoms with Crippen LogP contribution in [0.4, 0.5) is 11.5 Å². The van der Waals surface area contributed by atoms with Crippen LogP contribution in [0.25, 0.3) is 11.3 Å². The quantitative estimate of drug-likeness (QED) is 0.707. The average molecular weight is 339 g/mol. The molecule has 24 heavy (non-hydrogen) atoms. The van der Waals surface area contributed by atoms with Gasteiger partial charge in [0, 0.05) is 35.7 Å². The topological polar surface area (TPSA) is 55.0 Å². The number of nitrogens with zero attached hydrogens (tertiary/aromatic N) is 3. The molecule has 0 fully saturated rings. The highest BCUT2D eigenvalue weighted by molar-refractivity contribution is 6.30. The number of nitrogen functional groups attached to an aromatic ring is 1. The third kappa shape index (κ3) is 3.34. The summed E-state index contributed by atoms with van der Waals surface area (Å²) in [5.74, 6) is 0.824. The minimum absolute atomic E-state index is 0.131. The molecule has 1 aromatic heterocycles. The van der Waals surface area contributed by atoms with E-state index in [1.165, 1.54) is 0 Å². The predicted octanol–water partition coefficient (Wildman–Crippen LogP) is 4.58. The van der Waals surface area contributed by atoms with E-state index in [-0.39, 0.29) is 6.04 Å². The standard InChI is InChI=1S/C19H19ClN4/c1-13(14-3-7-16(20)8-4-14)24(2)19-18(22-11-12-23-19)15-5-9-17(21)10-6-15/h3-13H,21H2,1-2H3/t13-/m0/s1. The lowest BCUT2D eigenvalue weighted by Crippen LogP contribution is -2.23. The summed E-state index contributed by atoms with van der Waals surface area (Å²) in [6.07, 6.45) is 3.41. The van der Waals surface area contributed by atoms with E-state index in [1.54, 1.807) is 12.4 Å². The van der Waals surface area contributed by atoms with Gasteiger partial charge in [-0.3, -0.25) is 4.98 Å². The number of nitrogens with two attached hydrogens (primary N) is 1. The lowest BCUT2D eigenvalue weighted by Gasteiger charge is -2.27. The SMILES string of the molecule is C[C@@H](c1ccc(Cl)cc1)N(C)c1nccnc1-c1ccc(N)cc1. The van der Waals surface area contributed by atoms with Crippen molar-refractivity contribution >= 4 is 23.1 Å². The van der Waals surface area contributed by atoms with Gasteiger partial charge in [-0.15, -0.1) is 0 Å². The predicted molar refractivity (Wildman–Crippen MR) is 100 cm³/mol. The van der Waals surface area contributed by atoms with Crippen LogP contribution >= 0.6 is 11.6 Å². The molecule has 0 radical (unpaired) electrons. The molecule has 2 N–H and O–H groups in total. The van der Waals surface area contributed by atoms with Gasteiger partial charge < -0.3 is 10.6 Å². The highest BCUT2D eigenvalue weighted by Crippen LogP contribution is 2.31. The Bertz CT molecular complexity index is 816. The molecule has 0 aliphatic rings. The Morgan fingerprint density at radius 1 is 0.958 bits per heavy atom. The maximum atomic E-state index is 5.98. The van der Waals surface area contributed by atoms with E-state index in [0.29, 0.717) is 0 Å². The zero-order valence-corrected chi connectivity index (χ0v) is 14.4. The molecule has 3 aromatic rings. The first-order chi connectivity index (χ1) is 11.6. The largest absolute Gasteiger partial charge is 0.399 e. The van der Waals surface area contributed by atoms with E-state index < -0.39 is 0 Å². The Morgan fingerprint density at radius 3 is 2.25 bits per heavy atom. The van der Waals surface area contributed by atoms with Gasteiger partial charge in [-0.1, -0.05) is 35.9 Å². The van der Waals surface area contributed by atoms with Crippen LogP contribution in [0, 0.1) is 0 Å². The molecule has 0 aliphatic carbocycles. The molecular formula is C19H19ClN4. The van der Waals surface area contributed by atoms with Gasteiger partial charge in [0.1, 0.15) is 5.69 Å². The fourth-order valence-electron chi connectivity index (χ4n) is 2.58. The molecule has 1 atom stereocenters. The third-order valence-electron chi connectivity index (χ3n) is 4.13. The highest BCUT2D eigenvalue weighted by atomic mass is 35.5. The monoisotopic (exact) mass is 338 g/mol. The summed E-state index contributed by atoms with van der Waals surface area (Å²) in [6.45, 7) is 2.13. The summed E-state index contributed by atoms with van der Waals surface area (Å²) in [5.41, 5.74) is 9.50. The van der Waals surface area contributed by atoms with E-state index in [4.69, 9.17) is 17.3 Å². The van der Waals surface area contributed by atoms with Crippen molar-refractivity contribution in [3.8, 4) is 11.3 Å². The Balaban J connectivity index is 1.96. The second-order valence-electron chi connectivity index (χ2n) is 5.69. The zero-order chi connectivity index (χ0) is 17.1. The van der Waals surface area contributed by atoms with Crippen LogP contribution < -0.4 is 10.6 Å². The highest BCUT2D eigenvalue weighted by Gasteiger charge is 2.18. The van der Waals surface area contributed by atoms with Crippen molar-refractivity contribution in [3.63, 3.8) is 0 Å². The number of hydrogen-bond acceptors (Lipinski definition) is 4. The molecule has 5 heteroatoms. The van der Waals surface area contributed by atoms with Crippen LogP contribution in [-0.2, 0) is 0 Å². The van der Waals surface area contributed by atoms with Gasteiger partial charge in [-0.05, 0) is 36.8 Å². The van der Waals surface area contributed by atoms with Crippen LogP contribution in [0.5, 0.6) is 0 Å². The van der Waals surface area contributed by atoms with Gasteiger partial charge in [0.2, 0.25) is 0 Å². The smallest absolute Gasteiger partial charge is 0.155 e. The van der Waals surface area contributed by atoms with Gasteiger partial charge in [-0.2, -0.15) is 0 Å². The minimum Gasteiger partial charge on any atom is -0.399 e. The molecule has 0 saturated heterocycles. The Morgan fingerprint density at radius 2 is 1.58 bits per heavy atom. The van der Waals surface area contributed by atoms with Gasteiger partial charge in [0.05, 0.1) is 6.04 Å². The Labute approximate surface area is 146 Å². The fraction of sp³-hybridized carbons (Fsp3) is 0.158. The number of aromatic nitrogens is 2. The summed E-state index contributed by atoms with van der Waals surface area (Å²) in [5, 5.41) is 0.732. The van der Waals surface area contributed by atoms with Gasteiger partial charge in [0.15, 0.2) is 5.82 Å². The Hall–Kier alpha value is -2.59. The molecule has 0 bridgehead atoms. The second-order valence-corrected chi connectivity index (χ2v) is 6.13. The molecule has 0 amide bonds. The van der Waals surface area contributed by atoms with Crippen LogP contribution in [-0.4, -0.2) is 17.0 Å². The minimum atomic E-state index is 0.131. The average Bonchev–Trinajstić information content (AvgIpc) is 2.62. The van der Waals surface area contributed by atoms with E-state index in [9.17, 15) is 0 Å². The maximum Gasteiger partial charge on any atom is 0.155 e. The first-order valence-electron chi connectivity index (χ1n) is 7.71. The van der Waals surface area contributed by atoms with Crippen molar-refractivity contribution in [3.05, 3.63) is 71.5 Å². The zero-order valence-electron chi connectivity index (χ0n) is 13.6. The van der Waals surface area contributed by atoms with Crippen LogP contribution in [0.3, 0.4) is 0 Å². The third-order valence-corrected chi connectivity index (χ3v) is 4.38. The molecule has 122 valence electrons. The van der Waals surface area contributed by atoms with Crippen LogP contribution in [0.2, 0.25) is 5.02 Å². The first kappa shape index (κ1) is 16.3. The lowest BCUT2D eigenvalue weighted by atomic mass is 10.1. The summed E-state index contributed by atoms with van der Waals surface area (Å²) in [4.78, 5) is 11.2. The van der Waals surface area contributed by atoms with Crippen LogP contribution in [0.15, 0.2) is 60.9 Å². The molecule has 4 nitrogen and oxygen atoms in total. The summed E-state index contributed by atoms with van der Waals surface area (Å²) < 4.78 is 0. The number of rotatable bonds is 4. The molecule has 3 rings (SSSR count). The van der Waals surface area contributed by atoms with Gasteiger partial charge in [0.25, 0.3) is 0 Å². The maximum absolute atomic E-state index is 5.98. The lowest BCUT2D eigenvalue weighted by molar-refractivity contribution is 0.727. The summed E-state index contributed by atoms with van der Waals surface area (Å²) >= 11 is 5.98. The van der Waals surface area contributed by atoms with Gasteiger partial charge >= 0.3 is 0 Å². The van der Waals surface area contributed by atoms with Crippen LogP contribution in [0.1, 0.15) is 18.5 Å². The van der Waals surface area contributed by atoms with Crippen molar-refractivity contribution in [1.29, 1.82) is 0 Å². The van der Waals surface area contributed by atoms with E-state index in [0.717, 1.165) is 33.3 Å². The molecular weight excluding hydrogens is 320 g/mol. The molecule has 0 unspecified atom stereocenters. The van der Waals surface area contributed by atoms with Crippen molar-refractivity contribution < 1.29 is 0 Å². The molecule has 0 saturated carbocycles. The van der Waals surface area contributed by atoms with E-state index in [2.05, 4.69) is 21.8 Å². The van der Waals surface area contributed by atoms with E-state index in [1.807, 2.05) is 55.6 Å². The van der Waals surface area contributed by atoms with Crippen molar-refractivity contribution in [2.75, 3.05) is 17.7 Å². The van der Waals surface area contributed by atoms with Crippen molar-refractivity contribution in [2.45, 2.75) is 13.0 Å². The second kappa shape index (κ2) is 6.89. The summed E-state index contributed by atoms with van der Waals surface area (Å²) in [6, 6.07) is 15.7. The molecule has 0 spiro atoms. The number of anilines is 2. The number of hydrogen-bond donors (Lipinski definition) is 1. The van der Waals surface area contributed by atoms with Gasteiger partial charge in [-0.25, -0.2) is 4.98 Å². The number of benzene rings is 2. The number of halogens is 1. The molecule has 0 aliphatic heterocycles. The molecule has 2 aromatic carbocycles. The molecule has 1 heterocycles. The Kier molecular flexibility index (Phi) is 4.67. The summed E-state index contributed by atoms with van der Waals surface area (Å²) in [7, 11) is 2.02. The van der Waals surface area contributed by atoms with Crippen molar-refractivity contribution in [2.24, 2.45) is 0 Å². The normalized spacial score (nSPS) is 12.0. The van der Waals surface area contributed by atoms with Crippen molar-refractivity contribution in [1.82, 2.24) is 9.97 Å². The van der Waals surface area contributed by atoms with E-state index >= 15 is 0 Å².